The van der Waals surface area contributed by atoms with Gasteiger partial charge >= 0.3 is 0 Å². The Labute approximate surface area is 188 Å². The van der Waals surface area contributed by atoms with E-state index in [1.807, 2.05) is 32.0 Å². The molecule has 3 unspecified atom stereocenters. The van der Waals surface area contributed by atoms with Crippen molar-refractivity contribution in [3.63, 3.8) is 0 Å². The Morgan fingerprint density at radius 3 is 2.57 bits per heavy atom. The average molecular weight is 496 g/mol. The summed E-state index contributed by atoms with van der Waals surface area (Å²) >= 11 is 5.28. The molecular weight excluding hydrogens is 470 g/mol. The summed E-state index contributed by atoms with van der Waals surface area (Å²) in [4.78, 5) is 41.3. The maximum atomic E-state index is 13.6. The number of carbonyl (C=O) groups excluding carboxylic acids is 3. The van der Waals surface area contributed by atoms with Gasteiger partial charge in [0.15, 0.2) is 0 Å². The second-order valence-electron chi connectivity index (χ2n) is 8.29. The molecule has 0 radical (unpaired) electrons. The Morgan fingerprint density at radius 1 is 1.30 bits per heavy atom. The number of thioether (sulfide) groups is 1. The molecule has 6 atom stereocenters. The molecule has 162 valence electrons. The molecular formula is C21H26BrN3O4S. The smallest absolute Gasteiger partial charge is 0.248 e. The van der Waals surface area contributed by atoms with Gasteiger partial charge in [-0.15, -0.1) is 11.8 Å². The molecule has 1 aromatic carbocycles. The van der Waals surface area contributed by atoms with Gasteiger partial charge in [-0.1, -0.05) is 34.1 Å². The molecule has 30 heavy (non-hydrogen) atoms. The summed E-state index contributed by atoms with van der Waals surface area (Å²) in [7, 11) is 1.57. The summed E-state index contributed by atoms with van der Waals surface area (Å²) in [6, 6.07) is 5.05. The number of halogens is 1. The second-order valence-corrected chi connectivity index (χ2v) is 11.0. The highest BCUT2D eigenvalue weighted by atomic mass is 79.9. The number of β-amino-alcohol motifs (C(OH)–C–C–N with tert-alkyl or cyclic N) is 1. The van der Waals surface area contributed by atoms with Gasteiger partial charge in [-0.3, -0.25) is 14.4 Å². The van der Waals surface area contributed by atoms with Gasteiger partial charge in [-0.05, 0) is 31.4 Å². The summed E-state index contributed by atoms with van der Waals surface area (Å²) in [6.45, 7) is 3.70. The fraction of sp³-hybridized carbons (Fsp3) is 0.571. The molecule has 4 rings (SSSR count). The molecule has 1 aromatic rings. The number of benzene rings is 1. The number of aliphatic hydroxyl groups excluding tert-OH is 1. The van der Waals surface area contributed by atoms with Crippen LogP contribution in [-0.4, -0.2) is 68.8 Å². The molecule has 0 saturated carbocycles. The summed E-state index contributed by atoms with van der Waals surface area (Å²) < 4.78 is -0.692. The zero-order valence-electron chi connectivity index (χ0n) is 17.1. The summed E-state index contributed by atoms with van der Waals surface area (Å²) in [5.74, 6) is -1.71. The fourth-order valence-corrected chi connectivity index (χ4v) is 9.06. The van der Waals surface area contributed by atoms with Crippen molar-refractivity contribution in [2.24, 2.45) is 11.8 Å². The van der Waals surface area contributed by atoms with Gasteiger partial charge < -0.3 is 20.6 Å². The van der Waals surface area contributed by atoms with Crippen LogP contribution in [0.1, 0.15) is 17.5 Å². The number of alkyl halides is 1. The highest BCUT2D eigenvalue weighted by Crippen LogP contribution is 2.67. The Morgan fingerprint density at radius 2 is 1.97 bits per heavy atom. The third-order valence-electron chi connectivity index (χ3n) is 6.66. The molecule has 3 N–H and O–H groups in total. The molecule has 3 amide bonds. The third-order valence-corrected chi connectivity index (χ3v) is 9.88. The Hall–Kier alpha value is -1.58. The van der Waals surface area contributed by atoms with Crippen LogP contribution in [-0.2, 0) is 14.4 Å². The van der Waals surface area contributed by atoms with E-state index in [0.717, 1.165) is 16.8 Å². The van der Waals surface area contributed by atoms with Crippen molar-refractivity contribution in [2.45, 2.75) is 41.1 Å². The van der Waals surface area contributed by atoms with Crippen LogP contribution in [0.3, 0.4) is 0 Å². The van der Waals surface area contributed by atoms with Crippen LogP contribution in [0, 0.1) is 25.7 Å². The maximum Gasteiger partial charge on any atom is 0.248 e. The lowest BCUT2D eigenvalue weighted by atomic mass is 9.70. The van der Waals surface area contributed by atoms with Gasteiger partial charge in [0, 0.05) is 29.4 Å². The molecule has 7 nitrogen and oxygen atoms in total. The maximum absolute atomic E-state index is 13.6. The number of hydrogen-bond donors (Lipinski definition) is 3. The number of para-hydroxylation sites is 1. The van der Waals surface area contributed by atoms with E-state index in [1.165, 1.54) is 4.90 Å². The average Bonchev–Trinajstić information content (AvgIpc) is 3.28. The van der Waals surface area contributed by atoms with E-state index in [0.29, 0.717) is 6.42 Å². The highest BCUT2D eigenvalue weighted by molar-refractivity contribution is 9.09. The van der Waals surface area contributed by atoms with Gasteiger partial charge in [0.25, 0.3) is 0 Å². The summed E-state index contributed by atoms with van der Waals surface area (Å²) in [5, 5.41) is 15.3. The number of nitrogens with one attached hydrogen (secondary N) is 2. The van der Waals surface area contributed by atoms with Crippen LogP contribution >= 0.6 is 27.7 Å². The number of nitrogens with zero attached hydrogens (tertiary/aromatic N) is 1. The van der Waals surface area contributed by atoms with Gasteiger partial charge in [-0.25, -0.2) is 0 Å². The van der Waals surface area contributed by atoms with E-state index in [2.05, 4.69) is 26.6 Å². The van der Waals surface area contributed by atoms with E-state index in [-0.39, 0.29) is 41.0 Å². The number of amides is 3. The number of aliphatic hydroxyl groups is 1. The highest BCUT2D eigenvalue weighted by Gasteiger charge is 2.75. The first-order valence-corrected chi connectivity index (χ1v) is 11.9. The Kier molecular flexibility index (Phi) is 5.65. The van der Waals surface area contributed by atoms with Crippen molar-refractivity contribution in [3.8, 4) is 0 Å². The van der Waals surface area contributed by atoms with E-state index in [9.17, 15) is 19.5 Å². The number of likely N-dealkylation sites (tertiary alicyclic amines) is 1. The quantitative estimate of drug-likeness (QED) is 0.536. The van der Waals surface area contributed by atoms with E-state index in [1.54, 1.807) is 18.8 Å². The van der Waals surface area contributed by atoms with Gasteiger partial charge in [-0.2, -0.15) is 0 Å². The minimum Gasteiger partial charge on any atom is -0.395 e. The van der Waals surface area contributed by atoms with Gasteiger partial charge in [0.1, 0.15) is 6.04 Å². The van der Waals surface area contributed by atoms with Crippen LogP contribution in [0.2, 0.25) is 0 Å². The molecule has 3 fully saturated rings. The van der Waals surface area contributed by atoms with E-state index in [4.69, 9.17) is 0 Å². The zero-order chi connectivity index (χ0) is 21.8. The molecule has 3 aliphatic rings. The molecule has 0 aliphatic carbocycles. The molecule has 3 saturated heterocycles. The lowest BCUT2D eigenvalue weighted by molar-refractivity contribution is -0.139. The molecule has 0 aromatic heterocycles. The van der Waals surface area contributed by atoms with Crippen molar-refractivity contribution in [2.75, 3.05) is 25.5 Å². The topological polar surface area (TPSA) is 98.7 Å². The predicted octanol–water partition coefficient (Wildman–Crippen LogP) is 1.44. The van der Waals surface area contributed by atoms with Crippen LogP contribution < -0.4 is 10.6 Å². The van der Waals surface area contributed by atoms with Crippen LogP contribution in [0.5, 0.6) is 0 Å². The molecule has 2 bridgehead atoms. The lowest BCUT2D eigenvalue weighted by Crippen LogP contribution is -2.53. The van der Waals surface area contributed by atoms with Crippen molar-refractivity contribution >= 4 is 51.1 Å². The first-order valence-electron chi connectivity index (χ1n) is 10.1. The van der Waals surface area contributed by atoms with Gasteiger partial charge in [0.2, 0.25) is 17.7 Å². The Balaban J connectivity index is 1.75. The predicted molar refractivity (Wildman–Crippen MR) is 120 cm³/mol. The summed E-state index contributed by atoms with van der Waals surface area (Å²) in [5.41, 5.74) is 2.63. The van der Waals surface area contributed by atoms with Gasteiger partial charge in [0.05, 0.1) is 23.2 Å². The number of rotatable bonds is 5. The van der Waals surface area contributed by atoms with Crippen molar-refractivity contribution < 1.29 is 19.5 Å². The number of anilines is 1. The van der Waals surface area contributed by atoms with Crippen molar-refractivity contribution in [1.29, 1.82) is 0 Å². The van der Waals surface area contributed by atoms with Crippen LogP contribution in [0.4, 0.5) is 5.69 Å². The largest absolute Gasteiger partial charge is 0.395 e. The molecule has 9 heteroatoms. The Bertz CT molecular complexity index is 892. The van der Waals surface area contributed by atoms with E-state index < -0.39 is 22.6 Å². The molecule has 3 heterocycles. The monoisotopic (exact) mass is 495 g/mol. The first kappa shape index (κ1) is 21.6. The number of aryl methyl sites for hydroxylation is 2. The second kappa shape index (κ2) is 7.84. The minimum atomic E-state index is -0.745. The number of hydrogen-bond acceptors (Lipinski definition) is 5. The standard InChI is InChI=1S/C21H26BrN3O4S/c1-10-5-4-6-11(2)15(10)24-19(28)17-21-9-12(22)16(30-21)13(18(27)23-3)14(21)20(29)25(17)7-8-26/h4-6,12-14,16-17,26H,7-9H2,1-3H3,(H,23,27)(H,24,28)/t12?,13-,14+,16-,17?,21?/m1/s1. The zero-order valence-corrected chi connectivity index (χ0v) is 19.5. The summed E-state index contributed by atoms with van der Waals surface area (Å²) in [6.07, 6.45) is 0.624. The van der Waals surface area contributed by atoms with E-state index >= 15 is 0 Å². The number of fused-ring (bicyclic) bond motifs is 1. The van der Waals surface area contributed by atoms with Crippen molar-refractivity contribution in [1.82, 2.24) is 10.2 Å². The molecule has 3 aliphatic heterocycles. The number of carbonyl (C=O) groups is 3. The molecule has 1 spiro atoms. The van der Waals surface area contributed by atoms with Crippen LogP contribution in [0.25, 0.3) is 0 Å². The fourth-order valence-electron chi connectivity index (χ4n) is 5.45. The minimum absolute atomic E-state index is 0.0402. The SMILES string of the molecule is CNC(=O)[C@H]1[C@@H]2SC3(CC2Br)C(C(=O)Nc2c(C)cccc2C)N(CCO)C(=O)[C@H]13. The van der Waals surface area contributed by atoms with Crippen molar-refractivity contribution in [3.05, 3.63) is 29.3 Å². The third kappa shape index (κ3) is 3.00. The van der Waals surface area contributed by atoms with Crippen LogP contribution in [0.15, 0.2) is 18.2 Å². The first-order chi connectivity index (χ1) is 14.3. The normalized spacial score (nSPS) is 34.2. The lowest BCUT2D eigenvalue weighted by Gasteiger charge is -2.35.